The van der Waals surface area contributed by atoms with Gasteiger partial charge in [-0.2, -0.15) is 0 Å². The third kappa shape index (κ3) is 5.98. The van der Waals surface area contributed by atoms with Crippen LogP contribution in [0, 0.1) is 17.7 Å². The van der Waals surface area contributed by atoms with Gasteiger partial charge in [0, 0.05) is 5.92 Å². The molecule has 4 rings (SSSR count). The number of benzene rings is 3. The first kappa shape index (κ1) is 23.4. The van der Waals surface area contributed by atoms with E-state index in [9.17, 15) is 14.0 Å². The molecule has 0 aromatic heterocycles. The van der Waals surface area contributed by atoms with Crippen LogP contribution in [0.15, 0.2) is 91.0 Å². The highest BCUT2D eigenvalue weighted by molar-refractivity contribution is 5.97. The summed E-state index contributed by atoms with van der Waals surface area (Å²) in [6.07, 6.45) is 4.21. The van der Waals surface area contributed by atoms with Crippen molar-refractivity contribution in [3.63, 3.8) is 0 Å². The summed E-state index contributed by atoms with van der Waals surface area (Å²) in [4.78, 5) is 26.6. The molecule has 0 spiro atoms. The molecule has 4 nitrogen and oxygen atoms in total. The second kappa shape index (κ2) is 11.4. The van der Waals surface area contributed by atoms with E-state index in [1.54, 1.807) is 12.1 Å². The van der Waals surface area contributed by atoms with Crippen molar-refractivity contribution in [3.8, 4) is 0 Å². The number of halogens is 1. The highest BCUT2D eigenvalue weighted by atomic mass is 19.1. The van der Waals surface area contributed by atoms with E-state index in [1.165, 1.54) is 12.1 Å². The Bertz CT molecular complexity index is 1090. The minimum atomic E-state index is -1.14. The molecule has 3 aromatic rings. The van der Waals surface area contributed by atoms with E-state index in [0.29, 0.717) is 12.0 Å². The van der Waals surface area contributed by atoms with Crippen molar-refractivity contribution in [3.05, 3.63) is 114 Å². The fourth-order valence-corrected chi connectivity index (χ4v) is 4.31. The van der Waals surface area contributed by atoms with Crippen LogP contribution in [0.25, 0.3) is 5.57 Å². The van der Waals surface area contributed by atoms with Crippen molar-refractivity contribution in [2.45, 2.75) is 32.5 Å². The van der Waals surface area contributed by atoms with Gasteiger partial charge in [-0.15, -0.1) is 0 Å². The van der Waals surface area contributed by atoms with Crippen molar-refractivity contribution >= 4 is 17.5 Å². The summed E-state index contributed by atoms with van der Waals surface area (Å²) in [5.41, 5.74) is 3.11. The van der Waals surface area contributed by atoms with E-state index < -0.39 is 23.8 Å². The molecule has 1 aliphatic rings. The van der Waals surface area contributed by atoms with Gasteiger partial charge in [0.15, 0.2) is 5.92 Å². The van der Waals surface area contributed by atoms with Crippen LogP contribution in [0.1, 0.15) is 36.0 Å². The topological polar surface area (TPSA) is 52.6 Å². The van der Waals surface area contributed by atoms with Crippen molar-refractivity contribution < 1.29 is 23.5 Å². The van der Waals surface area contributed by atoms with Crippen molar-refractivity contribution in [1.29, 1.82) is 0 Å². The fraction of sp³-hybridized carbons (Fsp3) is 0.241. The minimum absolute atomic E-state index is 0.0634. The predicted molar refractivity (Wildman–Crippen MR) is 128 cm³/mol. The summed E-state index contributed by atoms with van der Waals surface area (Å²) >= 11 is 0. The zero-order valence-electron chi connectivity index (χ0n) is 18.9. The van der Waals surface area contributed by atoms with Gasteiger partial charge < -0.3 is 9.47 Å². The molecule has 0 aliphatic heterocycles. The van der Waals surface area contributed by atoms with Crippen LogP contribution in [0.5, 0.6) is 0 Å². The molecule has 0 fully saturated rings. The Balaban J connectivity index is 1.58. The number of ether oxygens (including phenoxy) is 2. The Morgan fingerprint density at radius 3 is 1.97 bits per heavy atom. The summed E-state index contributed by atoms with van der Waals surface area (Å²) in [5, 5.41) is 0. The maximum atomic E-state index is 14.0. The lowest BCUT2D eigenvalue weighted by molar-refractivity contribution is -0.165. The van der Waals surface area contributed by atoms with E-state index >= 15 is 0 Å². The van der Waals surface area contributed by atoms with Crippen LogP contribution in [-0.2, 0) is 32.3 Å². The van der Waals surface area contributed by atoms with E-state index in [1.807, 2.05) is 66.7 Å². The normalized spacial score (nSPS) is 15.5. The third-order valence-electron chi connectivity index (χ3n) is 6.00. The molecule has 0 heterocycles. The molecule has 34 heavy (non-hydrogen) atoms. The monoisotopic (exact) mass is 458 g/mol. The van der Waals surface area contributed by atoms with Gasteiger partial charge >= 0.3 is 11.9 Å². The average molecular weight is 459 g/mol. The van der Waals surface area contributed by atoms with Gasteiger partial charge in [-0.05, 0) is 53.7 Å². The molecule has 0 radical (unpaired) electrons. The number of esters is 2. The molecular weight excluding hydrogens is 431 g/mol. The van der Waals surface area contributed by atoms with E-state index in [2.05, 4.69) is 0 Å². The summed E-state index contributed by atoms with van der Waals surface area (Å²) < 4.78 is 25.1. The first-order chi connectivity index (χ1) is 16.6. The zero-order chi connectivity index (χ0) is 23.8. The molecule has 0 bridgehead atoms. The summed E-state index contributed by atoms with van der Waals surface area (Å²) in [6, 6.07) is 24.9. The smallest absolute Gasteiger partial charge is 0.321 e. The Kier molecular flexibility index (Phi) is 7.87. The lowest BCUT2D eigenvalue weighted by Gasteiger charge is -2.30. The average Bonchev–Trinajstić information content (AvgIpc) is 2.88. The fourth-order valence-electron chi connectivity index (χ4n) is 4.31. The summed E-state index contributed by atoms with van der Waals surface area (Å²) in [5.74, 6) is -3.21. The molecule has 0 amide bonds. The van der Waals surface area contributed by atoms with E-state index in [-0.39, 0.29) is 19.0 Å². The Morgan fingerprint density at radius 1 is 0.824 bits per heavy atom. The summed E-state index contributed by atoms with van der Waals surface area (Å²) in [7, 11) is 0. The minimum Gasteiger partial charge on any atom is -0.460 e. The number of carbonyl (C=O) groups is 2. The Hall–Kier alpha value is -3.73. The van der Waals surface area contributed by atoms with Crippen LogP contribution < -0.4 is 0 Å². The highest BCUT2D eigenvalue weighted by Gasteiger charge is 2.40. The quantitative estimate of drug-likeness (QED) is 0.302. The molecule has 1 aliphatic carbocycles. The van der Waals surface area contributed by atoms with E-state index in [0.717, 1.165) is 29.5 Å². The molecular formula is C29H27FO4. The molecule has 0 N–H and O–H groups in total. The van der Waals surface area contributed by atoms with Gasteiger partial charge in [0.1, 0.15) is 19.0 Å². The second-order valence-electron chi connectivity index (χ2n) is 8.37. The van der Waals surface area contributed by atoms with Crippen molar-refractivity contribution in [2.75, 3.05) is 0 Å². The SMILES string of the molecule is O=C(OCc1ccccc1)C(C(=O)OCc1ccccc1)C1CCCC=C1c1cccc(F)c1. The molecule has 1 atom stereocenters. The van der Waals surface area contributed by atoms with Crippen LogP contribution in [0.4, 0.5) is 4.39 Å². The Morgan fingerprint density at radius 2 is 1.41 bits per heavy atom. The predicted octanol–water partition coefficient (Wildman–Crippen LogP) is 6.11. The van der Waals surface area contributed by atoms with Gasteiger partial charge in [0.25, 0.3) is 0 Å². The largest absolute Gasteiger partial charge is 0.460 e. The Labute approximate surface area is 199 Å². The van der Waals surface area contributed by atoms with Crippen LogP contribution in [-0.4, -0.2) is 11.9 Å². The first-order valence-electron chi connectivity index (χ1n) is 11.5. The number of carbonyl (C=O) groups excluding carboxylic acids is 2. The van der Waals surface area contributed by atoms with Crippen molar-refractivity contribution in [1.82, 2.24) is 0 Å². The standard InChI is InChI=1S/C29H27FO4/c30-24-15-9-14-23(18-24)25-16-7-8-17-26(25)27(28(31)33-19-21-10-3-1-4-11-21)29(32)34-20-22-12-5-2-6-13-22/h1-6,9-16,18,26-27H,7-8,17,19-20H2. The first-order valence-corrected chi connectivity index (χ1v) is 11.5. The second-order valence-corrected chi connectivity index (χ2v) is 8.37. The maximum absolute atomic E-state index is 14.0. The van der Waals surface area contributed by atoms with Gasteiger partial charge in [0.2, 0.25) is 0 Å². The number of hydrogen-bond donors (Lipinski definition) is 0. The number of hydrogen-bond acceptors (Lipinski definition) is 4. The van der Waals surface area contributed by atoms with E-state index in [4.69, 9.17) is 9.47 Å². The molecule has 1 unspecified atom stereocenters. The molecule has 0 saturated heterocycles. The van der Waals surface area contributed by atoms with Crippen molar-refractivity contribution in [2.24, 2.45) is 11.8 Å². The highest BCUT2D eigenvalue weighted by Crippen LogP contribution is 2.39. The summed E-state index contributed by atoms with van der Waals surface area (Å²) in [6.45, 7) is 0.127. The van der Waals surface area contributed by atoms with Crippen LogP contribution in [0.3, 0.4) is 0 Å². The molecule has 3 aromatic carbocycles. The number of allylic oxidation sites excluding steroid dienone is 2. The van der Waals surface area contributed by atoms with Gasteiger partial charge in [-0.25, -0.2) is 4.39 Å². The molecule has 0 saturated carbocycles. The van der Waals surface area contributed by atoms with Gasteiger partial charge in [-0.3, -0.25) is 9.59 Å². The third-order valence-corrected chi connectivity index (χ3v) is 6.00. The maximum Gasteiger partial charge on any atom is 0.321 e. The lowest BCUT2D eigenvalue weighted by atomic mass is 9.76. The molecule has 5 heteroatoms. The van der Waals surface area contributed by atoms with Crippen LogP contribution >= 0.6 is 0 Å². The molecule has 174 valence electrons. The zero-order valence-corrected chi connectivity index (χ0v) is 18.9. The van der Waals surface area contributed by atoms with Crippen LogP contribution in [0.2, 0.25) is 0 Å². The number of rotatable bonds is 8. The van der Waals surface area contributed by atoms with Gasteiger partial charge in [-0.1, -0.05) is 78.9 Å². The lowest BCUT2D eigenvalue weighted by Crippen LogP contribution is -2.36. The van der Waals surface area contributed by atoms with Gasteiger partial charge in [0.05, 0.1) is 0 Å².